The zero-order valence-corrected chi connectivity index (χ0v) is 12.2. The van der Waals surface area contributed by atoms with Crippen molar-refractivity contribution in [3.8, 4) is 0 Å². The van der Waals surface area contributed by atoms with Crippen LogP contribution in [0.4, 0.5) is 0 Å². The smallest absolute Gasteiger partial charge is 0.246 e. The van der Waals surface area contributed by atoms with E-state index in [0.717, 1.165) is 24.2 Å². The summed E-state index contributed by atoms with van der Waals surface area (Å²) in [6, 6.07) is 8.06. The van der Waals surface area contributed by atoms with Crippen molar-refractivity contribution in [2.45, 2.75) is 31.3 Å². The third-order valence-corrected chi connectivity index (χ3v) is 5.42. The van der Waals surface area contributed by atoms with Gasteiger partial charge in [0.2, 0.25) is 11.8 Å². The van der Waals surface area contributed by atoms with Crippen molar-refractivity contribution in [3.05, 3.63) is 35.5 Å². The molecule has 4 heterocycles. The van der Waals surface area contributed by atoms with Crippen LogP contribution in [0.25, 0.3) is 10.9 Å². The van der Waals surface area contributed by atoms with Gasteiger partial charge in [-0.1, -0.05) is 18.2 Å². The summed E-state index contributed by atoms with van der Waals surface area (Å²) in [5, 5.41) is 1.25. The number of hydrogen-bond acceptors (Lipinski definition) is 2. The Morgan fingerprint density at radius 1 is 1.05 bits per heavy atom. The zero-order valence-electron chi connectivity index (χ0n) is 12.2. The van der Waals surface area contributed by atoms with E-state index in [4.69, 9.17) is 0 Å². The third-order valence-electron chi connectivity index (χ3n) is 5.42. The molecule has 3 aliphatic heterocycles. The molecular formula is C17H17N3O2. The number of aromatic amines is 1. The van der Waals surface area contributed by atoms with Crippen molar-refractivity contribution in [2.75, 3.05) is 13.1 Å². The van der Waals surface area contributed by atoms with Gasteiger partial charge >= 0.3 is 0 Å². The van der Waals surface area contributed by atoms with Crippen LogP contribution < -0.4 is 0 Å². The fourth-order valence-electron chi connectivity index (χ4n) is 4.37. The number of H-pyrrole nitrogens is 1. The molecule has 5 heteroatoms. The molecule has 2 saturated heterocycles. The highest BCUT2D eigenvalue weighted by molar-refractivity contribution is 5.93. The van der Waals surface area contributed by atoms with Crippen LogP contribution in [-0.2, 0) is 16.0 Å². The minimum absolute atomic E-state index is 0.0121. The van der Waals surface area contributed by atoms with Crippen LogP contribution in [0.3, 0.4) is 0 Å². The number of hydrogen-bond donors (Lipinski definition) is 1. The molecule has 112 valence electrons. The quantitative estimate of drug-likeness (QED) is 0.802. The van der Waals surface area contributed by atoms with Crippen LogP contribution in [-0.4, -0.2) is 45.7 Å². The Balaban J connectivity index is 1.64. The minimum atomic E-state index is -0.213. The number of aromatic nitrogens is 1. The summed E-state index contributed by atoms with van der Waals surface area (Å²) in [5.74, 6) is 0.257. The first-order valence-electron chi connectivity index (χ1n) is 7.93. The number of nitrogens with zero attached hydrogens (tertiary/aromatic N) is 2. The number of fused-ring (bicyclic) bond motifs is 6. The molecule has 0 unspecified atom stereocenters. The number of carbonyl (C=O) groups excluding carboxylic acids is 2. The highest BCUT2D eigenvalue weighted by Gasteiger charge is 2.48. The van der Waals surface area contributed by atoms with Gasteiger partial charge in [0.1, 0.15) is 6.04 Å². The van der Waals surface area contributed by atoms with E-state index in [-0.39, 0.29) is 23.9 Å². The van der Waals surface area contributed by atoms with E-state index in [2.05, 4.69) is 23.2 Å². The van der Waals surface area contributed by atoms with Crippen molar-refractivity contribution < 1.29 is 9.59 Å². The summed E-state index contributed by atoms with van der Waals surface area (Å²) in [7, 11) is 0. The number of amides is 2. The van der Waals surface area contributed by atoms with Crippen LogP contribution in [0.5, 0.6) is 0 Å². The standard InChI is InChI=1S/C17H17N3O2/c21-15-6-5-13-17(22)19-8-7-11-10-3-1-2-4-12(10)18-16(11)14(19)9-20(13)15/h1-4,13-14,18H,5-9H2/t13-,14+/m0/s1. The first-order chi connectivity index (χ1) is 10.7. The fourth-order valence-corrected chi connectivity index (χ4v) is 4.37. The summed E-state index contributed by atoms with van der Waals surface area (Å²) in [6.07, 6.45) is 2.08. The van der Waals surface area contributed by atoms with Gasteiger partial charge in [-0.05, 0) is 24.5 Å². The number of rotatable bonds is 0. The van der Waals surface area contributed by atoms with Gasteiger partial charge in [-0.25, -0.2) is 0 Å². The molecular weight excluding hydrogens is 278 g/mol. The molecule has 22 heavy (non-hydrogen) atoms. The Kier molecular flexibility index (Phi) is 2.30. The number of piperazine rings is 1. The first-order valence-corrected chi connectivity index (χ1v) is 7.93. The van der Waals surface area contributed by atoms with Crippen molar-refractivity contribution in [1.82, 2.24) is 14.8 Å². The predicted molar refractivity (Wildman–Crippen MR) is 81.2 cm³/mol. The molecule has 2 fully saturated rings. The van der Waals surface area contributed by atoms with Crippen LogP contribution in [0.15, 0.2) is 24.3 Å². The number of nitrogens with one attached hydrogen (secondary N) is 1. The summed E-state index contributed by atoms with van der Waals surface area (Å²) < 4.78 is 0. The van der Waals surface area contributed by atoms with Crippen molar-refractivity contribution in [1.29, 1.82) is 0 Å². The summed E-state index contributed by atoms with van der Waals surface area (Å²) in [4.78, 5) is 32.1. The number of carbonyl (C=O) groups is 2. The summed E-state index contributed by atoms with van der Waals surface area (Å²) in [6.45, 7) is 1.39. The summed E-state index contributed by atoms with van der Waals surface area (Å²) >= 11 is 0. The van der Waals surface area contributed by atoms with Crippen molar-refractivity contribution in [3.63, 3.8) is 0 Å². The molecule has 0 bridgehead atoms. The van der Waals surface area contributed by atoms with Crippen molar-refractivity contribution >= 4 is 22.7 Å². The highest BCUT2D eigenvalue weighted by Crippen LogP contribution is 2.40. The van der Waals surface area contributed by atoms with E-state index in [1.54, 1.807) is 4.90 Å². The molecule has 1 N–H and O–H groups in total. The maximum absolute atomic E-state index is 12.7. The van der Waals surface area contributed by atoms with E-state index in [1.165, 1.54) is 10.9 Å². The molecule has 0 saturated carbocycles. The Labute approximate surface area is 127 Å². The van der Waals surface area contributed by atoms with Gasteiger partial charge in [0.15, 0.2) is 0 Å². The molecule has 0 aliphatic carbocycles. The number of benzene rings is 1. The van der Waals surface area contributed by atoms with Crippen LogP contribution in [0, 0.1) is 0 Å². The second-order valence-corrected chi connectivity index (χ2v) is 6.46. The SMILES string of the molecule is O=C1[C@@H]2CCC(=O)N2C[C@@H]2c3[nH]c4ccccc4c3CCN12. The van der Waals surface area contributed by atoms with Crippen LogP contribution >= 0.6 is 0 Å². The molecule has 2 atom stereocenters. The Morgan fingerprint density at radius 3 is 2.82 bits per heavy atom. The second kappa shape index (κ2) is 4.12. The van der Waals surface area contributed by atoms with Gasteiger partial charge in [0.05, 0.1) is 6.04 Å². The average molecular weight is 295 g/mol. The average Bonchev–Trinajstić information content (AvgIpc) is 3.09. The molecule has 2 amide bonds. The molecule has 1 aromatic carbocycles. The molecule has 1 aromatic heterocycles. The van der Waals surface area contributed by atoms with Gasteiger partial charge in [-0.2, -0.15) is 0 Å². The lowest BCUT2D eigenvalue weighted by atomic mass is 9.93. The maximum Gasteiger partial charge on any atom is 0.246 e. The van der Waals surface area contributed by atoms with Gasteiger partial charge < -0.3 is 14.8 Å². The first kappa shape index (κ1) is 12.3. The Bertz CT molecular complexity index is 809. The lowest BCUT2D eigenvalue weighted by Gasteiger charge is -2.45. The van der Waals surface area contributed by atoms with Gasteiger partial charge in [0, 0.05) is 36.1 Å². The van der Waals surface area contributed by atoms with E-state index in [0.29, 0.717) is 19.4 Å². The topological polar surface area (TPSA) is 56.4 Å². The molecule has 0 spiro atoms. The lowest BCUT2D eigenvalue weighted by molar-refractivity contribution is -0.151. The van der Waals surface area contributed by atoms with E-state index < -0.39 is 0 Å². The minimum Gasteiger partial charge on any atom is -0.356 e. The zero-order chi connectivity index (χ0) is 14.8. The van der Waals surface area contributed by atoms with Gasteiger partial charge in [0.25, 0.3) is 0 Å². The summed E-state index contributed by atoms with van der Waals surface area (Å²) in [5.41, 5.74) is 3.56. The second-order valence-electron chi connectivity index (χ2n) is 6.46. The highest BCUT2D eigenvalue weighted by atomic mass is 16.2. The number of para-hydroxylation sites is 1. The van der Waals surface area contributed by atoms with E-state index in [1.807, 2.05) is 11.0 Å². The monoisotopic (exact) mass is 295 g/mol. The van der Waals surface area contributed by atoms with E-state index in [9.17, 15) is 9.59 Å². The molecule has 3 aliphatic rings. The largest absolute Gasteiger partial charge is 0.356 e. The van der Waals surface area contributed by atoms with Gasteiger partial charge in [-0.15, -0.1) is 0 Å². The van der Waals surface area contributed by atoms with E-state index >= 15 is 0 Å². The van der Waals surface area contributed by atoms with Gasteiger partial charge in [-0.3, -0.25) is 9.59 Å². The predicted octanol–water partition coefficient (Wildman–Crippen LogP) is 1.60. The molecule has 5 nitrogen and oxygen atoms in total. The molecule has 0 radical (unpaired) electrons. The maximum atomic E-state index is 12.7. The third kappa shape index (κ3) is 1.43. The fraction of sp³-hybridized carbons (Fsp3) is 0.412. The van der Waals surface area contributed by atoms with Crippen LogP contribution in [0.1, 0.15) is 30.1 Å². The molecule has 2 aromatic rings. The van der Waals surface area contributed by atoms with Crippen molar-refractivity contribution in [2.24, 2.45) is 0 Å². The normalized spacial score (nSPS) is 27.1. The Morgan fingerprint density at radius 2 is 1.91 bits per heavy atom. The molecule has 5 rings (SSSR count). The lowest BCUT2D eigenvalue weighted by Crippen LogP contribution is -2.58. The van der Waals surface area contributed by atoms with Crippen LogP contribution in [0.2, 0.25) is 0 Å². The Hall–Kier alpha value is -2.30.